The van der Waals surface area contributed by atoms with Gasteiger partial charge in [-0.15, -0.1) is 0 Å². The third-order valence-corrected chi connectivity index (χ3v) is 4.49. The first-order valence-electron chi connectivity index (χ1n) is 6.69. The summed E-state index contributed by atoms with van der Waals surface area (Å²) in [6, 6.07) is 8.28. The van der Waals surface area contributed by atoms with Crippen LogP contribution in [0.3, 0.4) is 0 Å². The van der Waals surface area contributed by atoms with Gasteiger partial charge in [-0.2, -0.15) is 31.5 Å². The molecule has 10 heteroatoms. The minimum Gasteiger partial charge on any atom is -0.495 e. The van der Waals surface area contributed by atoms with Crippen LogP contribution < -0.4 is 9.57 Å². The molecule has 2 aromatic carbocycles. The molecule has 2 aromatic rings. The molecule has 0 aromatic heterocycles. The number of methoxy groups -OCH3 is 1. The van der Waals surface area contributed by atoms with Crippen molar-refractivity contribution in [2.45, 2.75) is 11.1 Å². The first kappa shape index (κ1) is 19.1. The first-order chi connectivity index (χ1) is 11.6. The Morgan fingerprint density at radius 2 is 1.92 bits per heavy atom. The Morgan fingerprint density at radius 3 is 2.56 bits per heavy atom. The molecule has 0 saturated carbocycles. The van der Waals surface area contributed by atoms with Crippen LogP contribution in [0, 0.1) is 0 Å². The molecule has 0 fully saturated rings. The van der Waals surface area contributed by atoms with Crippen molar-refractivity contribution in [3.8, 4) is 5.75 Å². The summed E-state index contributed by atoms with van der Waals surface area (Å²) in [5, 5.41) is 3.66. The summed E-state index contributed by atoms with van der Waals surface area (Å²) in [5.41, 5.74) is -0.786. The van der Waals surface area contributed by atoms with E-state index in [1.54, 1.807) is 0 Å². The predicted molar refractivity (Wildman–Crippen MR) is 87.4 cm³/mol. The van der Waals surface area contributed by atoms with Gasteiger partial charge in [-0.05, 0) is 35.9 Å². The average Bonchev–Trinajstić information content (AvgIpc) is 2.54. The minimum absolute atomic E-state index is 0.0474. The second-order valence-electron chi connectivity index (χ2n) is 4.77. The Bertz CT molecular complexity index is 899. The van der Waals surface area contributed by atoms with Crippen LogP contribution in [-0.2, 0) is 16.2 Å². The maximum Gasteiger partial charge on any atom is 0.416 e. The van der Waals surface area contributed by atoms with Gasteiger partial charge in [0.15, 0.2) is 0 Å². The second-order valence-corrected chi connectivity index (χ2v) is 6.84. The lowest BCUT2D eigenvalue weighted by Gasteiger charge is -2.09. The Kier molecular flexibility index (Phi) is 5.58. The molecular formula is C15H12ClF3N2O3S. The number of ether oxygens (including phenoxy) is 1. The molecule has 0 amide bonds. The number of nitrogens with zero attached hydrogens (tertiary/aromatic N) is 1. The number of hydrogen-bond donors (Lipinski definition) is 1. The van der Waals surface area contributed by atoms with E-state index in [4.69, 9.17) is 16.3 Å². The summed E-state index contributed by atoms with van der Waals surface area (Å²) >= 11 is 5.78. The zero-order valence-electron chi connectivity index (χ0n) is 12.7. The van der Waals surface area contributed by atoms with E-state index >= 15 is 0 Å². The van der Waals surface area contributed by atoms with Crippen LogP contribution in [0.1, 0.15) is 11.1 Å². The van der Waals surface area contributed by atoms with Crippen LogP contribution in [0.15, 0.2) is 52.5 Å². The van der Waals surface area contributed by atoms with Gasteiger partial charge in [-0.3, -0.25) is 0 Å². The van der Waals surface area contributed by atoms with Crippen molar-refractivity contribution in [2.75, 3.05) is 7.11 Å². The maximum absolute atomic E-state index is 12.6. The number of alkyl halides is 3. The largest absolute Gasteiger partial charge is 0.495 e. The molecule has 1 N–H and O–H groups in total. The summed E-state index contributed by atoms with van der Waals surface area (Å²) in [5.74, 6) is 0.0474. The standard InChI is InChI=1S/C15H12ClF3N2O3S/c1-24-13-6-5-12(16)8-14(13)25(22,23)21-20-9-10-3-2-4-11(7-10)15(17,18)19/h2-9,21H,1H3/b20-9+. The molecule has 0 bridgehead atoms. The average molecular weight is 393 g/mol. The molecule has 5 nitrogen and oxygen atoms in total. The predicted octanol–water partition coefficient (Wildman–Crippen LogP) is 3.68. The highest BCUT2D eigenvalue weighted by atomic mass is 35.5. The lowest BCUT2D eigenvalue weighted by atomic mass is 10.1. The molecule has 0 heterocycles. The number of sulfonamides is 1. The molecule has 25 heavy (non-hydrogen) atoms. The molecule has 2 rings (SSSR count). The van der Waals surface area contributed by atoms with E-state index in [1.807, 2.05) is 4.83 Å². The normalized spacial score (nSPS) is 12.4. The van der Waals surface area contributed by atoms with Crippen molar-refractivity contribution < 1.29 is 26.3 Å². The van der Waals surface area contributed by atoms with E-state index in [2.05, 4.69) is 5.10 Å². The van der Waals surface area contributed by atoms with Gasteiger partial charge in [0.2, 0.25) is 0 Å². The van der Waals surface area contributed by atoms with E-state index < -0.39 is 21.8 Å². The van der Waals surface area contributed by atoms with Crippen LogP contribution in [0.4, 0.5) is 13.2 Å². The van der Waals surface area contributed by atoms with Crippen molar-refractivity contribution in [2.24, 2.45) is 5.10 Å². The smallest absolute Gasteiger partial charge is 0.416 e. The number of hydrazone groups is 1. The van der Waals surface area contributed by atoms with E-state index in [-0.39, 0.29) is 21.2 Å². The SMILES string of the molecule is COc1ccc(Cl)cc1S(=O)(=O)N/N=C/c1cccc(C(F)(F)F)c1. The topological polar surface area (TPSA) is 67.8 Å². The van der Waals surface area contributed by atoms with Gasteiger partial charge >= 0.3 is 6.18 Å². The Morgan fingerprint density at radius 1 is 1.20 bits per heavy atom. The van der Waals surface area contributed by atoms with Crippen LogP contribution in [0.25, 0.3) is 0 Å². The molecule has 0 unspecified atom stereocenters. The molecule has 0 atom stereocenters. The quantitative estimate of drug-likeness (QED) is 0.623. The molecule has 0 aliphatic carbocycles. The number of hydrogen-bond acceptors (Lipinski definition) is 4. The number of nitrogens with one attached hydrogen (secondary N) is 1. The number of halogens is 4. The Balaban J connectivity index is 2.23. The van der Waals surface area contributed by atoms with E-state index in [0.29, 0.717) is 0 Å². The van der Waals surface area contributed by atoms with Gasteiger partial charge in [0.25, 0.3) is 10.0 Å². The molecule has 0 saturated heterocycles. The summed E-state index contributed by atoms with van der Waals surface area (Å²) in [7, 11) is -2.83. The van der Waals surface area contributed by atoms with Gasteiger partial charge in [0.1, 0.15) is 10.6 Å². The van der Waals surface area contributed by atoms with E-state index in [1.165, 1.54) is 37.4 Å². The van der Waals surface area contributed by atoms with Crippen molar-refractivity contribution >= 4 is 27.8 Å². The Labute approximate surface area is 147 Å². The summed E-state index contributed by atoms with van der Waals surface area (Å²) < 4.78 is 67.3. The molecular weight excluding hydrogens is 381 g/mol. The highest BCUT2D eigenvalue weighted by Crippen LogP contribution is 2.29. The number of benzene rings is 2. The molecule has 0 spiro atoms. The second kappa shape index (κ2) is 7.32. The molecule has 134 valence electrons. The zero-order chi connectivity index (χ0) is 18.7. The van der Waals surface area contributed by atoms with Crippen molar-refractivity contribution in [1.29, 1.82) is 0 Å². The summed E-state index contributed by atoms with van der Waals surface area (Å²) in [6.45, 7) is 0. The van der Waals surface area contributed by atoms with Gasteiger partial charge in [-0.25, -0.2) is 0 Å². The highest BCUT2D eigenvalue weighted by molar-refractivity contribution is 7.89. The highest BCUT2D eigenvalue weighted by Gasteiger charge is 2.30. The fourth-order valence-corrected chi connectivity index (χ4v) is 3.10. The Hall–Kier alpha value is -2.26. The summed E-state index contributed by atoms with van der Waals surface area (Å²) in [4.78, 5) is 1.66. The van der Waals surface area contributed by atoms with Crippen LogP contribution in [-0.4, -0.2) is 21.7 Å². The lowest BCUT2D eigenvalue weighted by Crippen LogP contribution is -2.19. The minimum atomic E-state index is -4.50. The van der Waals surface area contributed by atoms with Crippen LogP contribution in [0.5, 0.6) is 5.75 Å². The van der Waals surface area contributed by atoms with Crippen LogP contribution in [0.2, 0.25) is 5.02 Å². The monoisotopic (exact) mass is 392 g/mol. The third-order valence-electron chi connectivity index (χ3n) is 3.02. The maximum atomic E-state index is 12.6. The van der Waals surface area contributed by atoms with E-state index in [9.17, 15) is 21.6 Å². The van der Waals surface area contributed by atoms with Crippen molar-refractivity contribution in [3.63, 3.8) is 0 Å². The fraction of sp³-hybridized carbons (Fsp3) is 0.133. The van der Waals surface area contributed by atoms with Gasteiger partial charge < -0.3 is 4.74 Å². The lowest BCUT2D eigenvalue weighted by molar-refractivity contribution is -0.137. The van der Waals surface area contributed by atoms with Gasteiger partial charge in [0, 0.05) is 5.02 Å². The molecule has 0 aliphatic rings. The third kappa shape index (κ3) is 4.86. The first-order valence-corrected chi connectivity index (χ1v) is 8.55. The van der Waals surface area contributed by atoms with E-state index in [0.717, 1.165) is 18.3 Å². The van der Waals surface area contributed by atoms with Crippen molar-refractivity contribution in [1.82, 2.24) is 4.83 Å². The zero-order valence-corrected chi connectivity index (χ0v) is 14.3. The van der Waals surface area contributed by atoms with Gasteiger partial charge in [0.05, 0.1) is 18.9 Å². The van der Waals surface area contributed by atoms with Crippen LogP contribution >= 0.6 is 11.6 Å². The molecule has 0 aliphatic heterocycles. The fourth-order valence-electron chi connectivity index (χ4n) is 1.88. The molecule has 0 radical (unpaired) electrons. The van der Waals surface area contributed by atoms with Crippen molar-refractivity contribution in [3.05, 3.63) is 58.6 Å². The summed E-state index contributed by atoms with van der Waals surface area (Å²) in [6.07, 6.45) is -3.54. The number of rotatable bonds is 5. The van der Waals surface area contributed by atoms with Gasteiger partial charge in [-0.1, -0.05) is 23.7 Å².